The van der Waals surface area contributed by atoms with E-state index in [1.807, 2.05) is 19.9 Å². The monoisotopic (exact) mass is 407 g/mol. The van der Waals surface area contributed by atoms with E-state index in [0.29, 0.717) is 21.4 Å². The van der Waals surface area contributed by atoms with Crippen molar-refractivity contribution in [2.24, 2.45) is 5.16 Å². The van der Waals surface area contributed by atoms with E-state index in [0.717, 1.165) is 17.3 Å². The second kappa shape index (κ2) is 9.39. The minimum atomic E-state index is -0.925. The lowest BCUT2D eigenvalue weighted by atomic mass is 10.1. The number of hydrogen-bond donors (Lipinski definition) is 2. The first kappa shape index (κ1) is 20.7. The molecule has 0 bridgehead atoms. The van der Waals surface area contributed by atoms with Crippen molar-refractivity contribution >= 4 is 52.6 Å². The number of carbonyl (C=O) groups is 2. The number of oxime groups is 1. The van der Waals surface area contributed by atoms with Gasteiger partial charge in [0.15, 0.2) is 0 Å². The lowest BCUT2D eigenvalue weighted by molar-refractivity contribution is -0.126. The Hall–Kier alpha value is -2.57. The topological polar surface area (TPSA) is 79.8 Å². The van der Waals surface area contributed by atoms with Gasteiger partial charge in [0.1, 0.15) is 6.21 Å². The fourth-order valence-corrected chi connectivity index (χ4v) is 2.80. The Bertz CT molecular complexity index is 861. The lowest BCUT2D eigenvalue weighted by Gasteiger charge is -2.14. The Morgan fingerprint density at radius 2 is 1.81 bits per heavy atom. The molecule has 2 N–H and O–H groups in total. The molecule has 142 valence electrons. The molecule has 1 atom stereocenters. The van der Waals surface area contributed by atoms with E-state index in [-0.39, 0.29) is 0 Å². The van der Waals surface area contributed by atoms with E-state index in [2.05, 4.69) is 15.8 Å². The molecule has 2 amide bonds. The highest BCUT2D eigenvalue weighted by Gasteiger charge is 2.17. The van der Waals surface area contributed by atoms with Gasteiger partial charge in [0.25, 0.3) is 11.8 Å². The van der Waals surface area contributed by atoms with Gasteiger partial charge in [-0.05, 0) is 50.1 Å². The number of nitrogens with zero attached hydrogens (tertiary/aromatic N) is 1. The first-order valence-electron chi connectivity index (χ1n) is 8.10. The van der Waals surface area contributed by atoms with Crippen molar-refractivity contribution in [3.63, 3.8) is 0 Å². The molecular weight excluding hydrogens is 389 g/mol. The van der Waals surface area contributed by atoms with Crippen LogP contribution in [0.25, 0.3) is 0 Å². The highest BCUT2D eigenvalue weighted by molar-refractivity contribution is 6.36. The molecule has 0 aliphatic heterocycles. The van der Waals surface area contributed by atoms with Crippen molar-refractivity contribution in [1.29, 1.82) is 0 Å². The van der Waals surface area contributed by atoms with Crippen molar-refractivity contribution in [3.05, 3.63) is 57.6 Å². The van der Waals surface area contributed by atoms with E-state index >= 15 is 0 Å². The lowest BCUT2D eigenvalue weighted by Crippen LogP contribution is -2.27. The molecule has 0 heterocycles. The predicted molar refractivity (Wildman–Crippen MR) is 109 cm³/mol. The molecule has 2 rings (SSSR count). The van der Waals surface area contributed by atoms with Crippen molar-refractivity contribution in [1.82, 2.24) is 0 Å². The Kier molecular flexibility index (Phi) is 7.21. The summed E-state index contributed by atoms with van der Waals surface area (Å²) in [7, 11) is 0. The molecule has 1 unspecified atom stereocenters. The quantitative estimate of drug-likeness (QED) is 0.543. The van der Waals surface area contributed by atoms with Gasteiger partial charge in [0.2, 0.25) is 6.10 Å². The molecule has 0 fully saturated rings. The number of halogens is 2. The first-order valence-corrected chi connectivity index (χ1v) is 8.86. The molecule has 0 saturated heterocycles. The van der Waals surface area contributed by atoms with Gasteiger partial charge >= 0.3 is 0 Å². The summed E-state index contributed by atoms with van der Waals surface area (Å²) in [6.07, 6.45) is 0.00292. The number of benzene rings is 2. The van der Waals surface area contributed by atoms with Crippen LogP contribution in [0.15, 0.2) is 41.6 Å². The number of anilines is 2. The van der Waals surface area contributed by atoms with Gasteiger partial charge in [-0.25, -0.2) is 0 Å². The minimum absolute atomic E-state index is 0.401. The summed E-state index contributed by atoms with van der Waals surface area (Å²) in [6, 6.07) is 10.4. The number of aryl methyl sites for hydroxylation is 2. The summed E-state index contributed by atoms with van der Waals surface area (Å²) < 4.78 is 0. The third-order valence-corrected chi connectivity index (χ3v) is 4.20. The van der Waals surface area contributed by atoms with Gasteiger partial charge in [-0.15, -0.1) is 0 Å². The average molecular weight is 408 g/mol. The second-order valence-corrected chi connectivity index (χ2v) is 6.69. The molecule has 2 aromatic rings. The molecule has 27 heavy (non-hydrogen) atoms. The maximum Gasteiger partial charge on any atom is 0.270 e. The summed E-state index contributed by atoms with van der Waals surface area (Å²) in [4.78, 5) is 29.1. The summed E-state index contributed by atoms with van der Waals surface area (Å²) in [5.74, 6) is -0.972. The van der Waals surface area contributed by atoms with Gasteiger partial charge < -0.3 is 15.5 Å². The van der Waals surface area contributed by atoms with Gasteiger partial charge in [0.05, 0.1) is 21.4 Å². The SMILES string of the molecule is Cc1cc(C)c(NC(=O)C(C)O/N=C/C(=O)Nc2ccccc2Cl)c(Cl)c1. The van der Waals surface area contributed by atoms with Crippen LogP contribution in [0.4, 0.5) is 11.4 Å². The first-order chi connectivity index (χ1) is 12.8. The van der Waals surface area contributed by atoms with Gasteiger partial charge in [-0.2, -0.15) is 0 Å². The van der Waals surface area contributed by atoms with Crippen LogP contribution < -0.4 is 10.6 Å². The number of nitrogens with one attached hydrogen (secondary N) is 2. The molecule has 0 spiro atoms. The van der Waals surface area contributed by atoms with Crippen molar-refractivity contribution in [2.75, 3.05) is 10.6 Å². The van der Waals surface area contributed by atoms with E-state index < -0.39 is 17.9 Å². The molecular formula is C19H19Cl2N3O3. The van der Waals surface area contributed by atoms with Crippen LogP contribution >= 0.6 is 23.2 Å². The largest absolute Gasteiger partial charge is 0.383 e. The minimum Gasteiger partial charge on any atom is -0.383 e. The molecule has 0 radical (unpaired) electrons. The number of carbonyl (C=O) groups excluding carboxylic acids is 2. The molecule has 6 nitrogen and oxygen atoms in total. The van der Waals surface area contributed by atoms with Gasteiger partial charge in [0, 0.05) is 0 Å². The molecule has 0 aromatic heterocycles. The Morgan fingerprint density at radius 1 is 1.11 bits per heavy atom. The van der Waals surface area contributed by atoms with E-state index in [4.69, 9.17) is 28.0 Å². The molecule has 0 aliphatic rings. The van der Waals surface area contributed by atoms with Gasteiger partial charge in [-0.1, -0.05) is 46.6 Å². The third-order valence-electron chi connectivity index (χ3n) is 3.57. The maximum atomic E-state index is 12.2. The van der Waals surface area contributed by atoms with Crippen molar-refractivity contribution in [3.8, 4) is 0 Å². The fourth-order valence-electron chi connectivity index (χ4n) is 2.24. The number of rotatable bonds is 6. The summed E-state index contributed by atoms with van der Waals surface area (Å²) in [5, 5.41) is 9.64. The van der Waals surface area contributed by atoms with Crippen LogP contribution in [0.5, 0.6) is 0 Å². The number of hydrogen-bond acceptors (Lipinski definition) is 4. The summed E-state index contributed by atoms with van der Waals surface area (Å²) in [5.41, 5.74) is 2.80. The molecule has 0 saturated carbocycles. The molecule has 8 heteroatoms. The standard InChI is InChI=1S/C19H19Cl2N3O3/c1-11-8-12(2)18(15(21)9-11)24-19(26)13(3)27-22-10-17(25)23-16-7-5-4-6-14(16)20/h4-10,13H,1-3H3,(H,23,25)(H,24,26)/b22-10+. The smallest absolute Gasteiger partial charge is 0.270 e. The van der Waals surface area contributed by atoms with Crippen molar-refractivity contribution in [2.45, 2.75) is 26.9 Å². The predicted octanol–water partition coefficient (Wildman–Crippen LogP) is 4.58. The number of para-hydroxylation sites is 1. The van der Waals surface area contributed by atoms with Crippen LogP contribution in [0.2, 0.25) is 10.0 Å². The fraction of sp³-hybridized carbons (Fsp3) is 0.211. The van der Waals surface area contributed by atoms with Crippen LogP contribution in [0.3, 0.4) is 0 Å². The van der Waals surface area contributed by atoms with E-state index in [9.17, 15) is 9.59 Å². The Morgan fingerprint density at radius 3 is 2.48 bits per heavy atom. The Balaban J connectivity index is 1.90. The van der Waals surface area contributed by atoms with Gasteiger partial charge in [-0.3, -0.25) is 9.59 Å². The zero-order valence-corrected chi connectivity index (χ0v) is 16.6. The molecule has 2 aromatic carbocycles. The summed E-state index contributed by atoms with van der Waals surface area (Å²) >= 11 is 12.1. The normalized spacial score (nSPS) is 11.9. The third kappa shape index (κ3) is 5.98. The summed E-state index contributed by atoms with van der Waals surface area (Å²) in [6.45, 7) is 5.27. The number of amides is 2. The van der Waals surface area contributed by atoms with Crippen LogP contribution in [0.1, 0.15) is 18.1 Å². The second-order valence-electron chi connectivity index (χ2n) is 5.88. The Labute approximate surface area is 167 Å². The van der Waals surface area contributed by atoms with E-state index in [1.165, 1.54) is 6.92 Å². The van der Waals surface area contributed by atoms with Crippen LogP contribution in [0, 0.1) is 13.8 Å². The average Bonchev–Trinajstić information content (AvgIpc) is 2.59. The van der Waals surface area contributed by atoms with Crippen LogP contribution in [-0.4, -0.2) is 24.1 Å². The van der Waals surface area contributed by atoms with Crippen LogP contribution in [-0.2, 0) is 14.4 Å². The highest BCUT2D eigenvalue weighted by atomic mass is 35.5. The maximum absolute atomic E-state index is 12.2. The zero-order chi connectivity index (χ0) is 20.0. The zero-order valence-electron chi connectivity index (χ0n) is 15.0. The highest BCUT2D eigenvalue weighted by Crippen LogP contribution is 2.27. The van der Waals surface area contributed by atoms with Crippen molar-refractivity contribution < 1.29 is 14.4 Å². The van der Waals surface area contributed by atoms with E-state index in [1.54, 1.807) is 30.3 Å². The molecule has 0 aliphatic carbocycles.